The van der Waals surface area contributed by atoms with Gasteiger partial charge in [0.05, 0.1) is 0 Å². The Bertz CT molecular complexity index is 4900. The Morgan fingerprint density at radius 3 is 1.10 bits per heavy atom. The van der Waals surface area contributed by atoms with Crippen LogP contribution >= 0.6 is 0 Å². The van der Waals surface area contributed by atoms with Crippen molar-refractivity contribution in [3.63, 3.8) is 0 Å². The zero-order valence-electron chi connectivity index (χ0n) is 59.2. The van der Waals surface area contributed by atoms with Gasteiger partial charge in [-0.2, -0.15) is 0 Å². The molecule has 0 atom stereocenters. The molecular weight excluding hydrogens is 1410 g/mol. The van der Waals surface area contributed by atoms with Gasteiger partial charge in [-0.25, -0.2) is 15.0 Å². The van der Waals surface area contributed by atoms with E-state index in [9.17, 15) is 0 Å². The topological polar surface area (TPSA) is 67.7 Å². The number of benzene rings is 11. The molecule has 0 bridgehead atoms. The zero-order chi connectivity index (χ0) is 69.1. The van der Waals surface area contributed by atoms with Crippen molar-refractivity contribution in [2.75, 3.05) is 4.90 Å². The van der Waals surface area contributed by atoms with Gasteiger partial charge >= 0.3 is 0 Å². The van der Waals surface area contributed by atoms with E-state index in [0.717, 1.165) is 78.3 Å². The summed E-state index contributed by atoms with van der Waals surface area (Å²) < 4.78 is 0. The minimum absolute atomic E-state index is 0. The summed E-state index contributed by atoms with van der Waals surface area (Å²) in [5.41, 5.74) is 24.6. The molecule has 0 unspecified atom stereocenters. The van der Waals surface area contributed by atoms with Gasteiger partial charge in [-0.05, 0) is 160 Å². The van der Waals surface area contributed by atoms with Gasteiger partial charge < -0.3 is 14.9 Å². The van der Waals surface area contributed by atoms with Crippen LogP contribution in [0.3, 0.4) is 0 Å². The Balaban J connectivity index is 0.000000208. The molecule has 0 spiro atoms. The summed E-state index contributed by atoms with van der Waals surface area (Å²) >= 11 is 0. The van der Waals surface area contributed by atoms with Crippen LogP contribution in [-0.4, -0.2) is 24.9 Å². The van der Waals surface area contributed by atoms with E-state index in [-0.39, 0.29) is 49.2 Å². The maximum atomic E-state index is 4.99. The van der Waals surface area contributed by atoms with Crippen LogP contribution in [0.25, 0.3) is 112 Å². The van der Waals surface area contributed by atoms with Gasteiger partial charge in [-0.1, -0.05) is 273 Å². The molecule has 14 rings (SSSR count). The molecule has 11 aromatic carbocycles. The first-order valence-electron chi connectivity index (χ1n) is 34.3. The number of rotatable bonds is 12. The molecule has 0 aliphatic rings. The van der Waals surface area contributed by atoms with E-state index in [1.54, 1.807) is 0 Å². The second kappa shape index (κ2) is 30.1. The van der Waals surface area contributed by atoms with Crippen molar-refractivity contribution in [2.45, 2.75) is 112 Å². The van der Waals surface area contributed by atoms with E-state index in [2.05, 4.69) is 343 Å². The first kappa shape index (κ1) is 71.7. The maximum Gasteiger partial charge on any atom is 0.165 e. The van der Waals surface area contributed by atoms with Crippen molar-refractivity contribution >= 4 is 27.8 Å². The summed E-state index contributed by atoms with van der Waals surface area (Å²) in [5, 5.41) is 2.32. The first-order chi connectivity index (χ1) is 47.6. The summed E-state index contributed by atoms with van der Waals surface area (Å²) in [6, 6.07) is 106. The molecule has 3 heterocycles. The van der Waals surface area contributed by atoms with Crippen LogP contribution in [0.2, 0.25) is 0 Å². The van der Waals surface area contributed by atoms with Crippen LogP contribution in [0.1, 0.15) is 113 Å². The molecule has 3 aromatic heterocycles. The molecule has 0 fully saturated rings. The first-order valence-corrected chi connectivity index (χ1v) is 34.3. The van der Waals surface area contributed by atoms with Crippen molar-refractivity contribution in [1.29, 1.82) is 0 Å². The van der Waals surface area contributed by atoms with Crippen LogP contribution in [0, 0.1) is 12.1 Å². The molecule has 1 radical (unpaired) electrons. The Hall–Kier alpha value is -10.6. The third-order valence-corrected chi connectivity index (χ3v) is 18.4. The van der Waals surface area contributed by atoms with E-state index in [1.807, 2.05) is 48.8 Å². The van der Waals surface area contributed by atoms with Gasteiger partial charge in [0.15, 0.2) is 17.5 Å². The number of para-hydroxylation sites is 2. The Labute approximate surface area is 612 Å². The molecule has 0 aliphatic carbocycles. The molecule has 6 nitrogen and oxygen atoms in total. The number of hydrogen-bond acceptors (Lipinski definition) is 6. The molecular formula is C94H88IrN6-2. The van der Waals surface area contributed by atoms with Gasteiger partial charge in [0.25, 0.3) is 0 Å². The molecule has 505 valence electrons. The summed E-state index contributed by atoms with van der Waals surface area (Å²) in [4.78, 5) is 26.9. The van der Waals surface area contributed by atoms with E-state index in [0.29, 0.717) is 17.5 Å². The van der Waals surface area contributed by atoms with Crippen LogP contribution in [0.5, 0.6) is 0 Å². The predicted octanol–water partition coefficient (Wildman–Crippen LogP) is 25.4. The fourth-order valence-corrected chi connectivity index (χ4v) is 12.5. The number of anilines is 3. The molecule has 101 heavy (non-hydrogen) atoms. The average molecular weight is 1490 g/mol. The normalized spacial score (nSPS) is 11.6. The quantitative estimate of drug-likeness (QED) is 0.114. The predicted molar refractivity (Wildman–Crippen MR) is 422 cm³/mol. The summed E-state index contributed by atoms with van der Waals surface area (Å²) in [6.07, 6.45) is 3.74. The Morgan fingerprint density at radius 1 is 0.297 bits per heavy atom. The van der Waals surface area contributed by atoms with E-state index in [1.165, 1.54) is 55.5 Å². The van der Waals surface area contributed by atoms with E-state index < -0.39 is 0 Å². The molecule has 0 amide bonds. The van der Waals surface area contributed by atoms with E-state index in [4.69, 9.17) is 24.9 Å². The van der Waals surface area contributed by atoms with Crippen molar-refractivity contribution in [3.8, 4) is 101 Å². The second-order valence-corrected chi connectivity index (χ2v) is 29.8. The standard InChI is InChI=1S/C52H46N5.C41H38N.CH4.Ir/c1-51(2,3)42-27-20-37(21-28-42)48-54-49(38-22-29-43(30-23-38)52(4,5)6)56-50(55-48)41-26-33-47(53-35-41)40-15-13-14-39(34-40)36-24-31-46(32-25-36)57(44-16-9-7-10-17-44)45-18-11-8-12-19-45;1-40(2,3)36-18-14-28(15-19-36)33-25-34(29-16-20-37(21-17-29)41(4,5)6)27-35(26-33)31-11-9-12-32(24-31)39-38-13-8-7-10-30(38)22-23-42-39;;/h7-14,16-35H,1-6H3;7-11,13-27H,1-6H3;1H4;/q2*-1;;. The molecule has 0 saturated carbocycles. The van der Waals surface area contributed by atoms with Gasteiger partial charge in [0, 0.05) is 66.3 Å². The number of nitrogens with zero attached hydrogens (tertiary/aromatic N) is 6. The van der Waals surface area contributed by atoms with Crippen LogP contribution < -0.4 is 4.90 Å². The number of hydrogen-bond donors (Lipinski definition) is 0. The van der Waals surface area contributed by atoms with Crippen LogP contribution in [-0.2, 0) is 41.8 Å². The van der Waals surface area contributed by atoms with E-state index >= 15 is 0 Å². The fourth-order valence-electron chi connectivity index (χ4n) is 12.5. The average Bonchev–Trinajstić information content (AvgIpc) is 0.796. The smallest absolute Gasteiger partial charge is 0.165 e. The fraction of sp³-hybridized carbons (Fsp3) is 0.181. The van der Waals surface area contributed by atoms with Crippen molar-refractivity contribution in [2.24, 2.45) is 0 Å². The van der Waals surface area contributed by atoms with Crippen molar-refractivity contribution in [3.05, 3.63) is 326 Å². The van der Waals surface area contributed by atoms with Crippen LogP contribution in [0.4, 0.5) is 17.1 Å². The SMILES string of the molecule is C.CC(C)(C)c1ccc(-c2cc(-c3ccc(C(C)(C)C)cc3)cc(-c3cc[c-]c(-c4nccc5ccccc45)c3)c2)cc1.CC(C)(C)c1ccc(-c2nc(-c3ccc(C(C)(C)C)cc3)nc(-c3ccc(-c4[c-]ccc(-c5ccc(N(c6ccccc6)c6ccccc6)cc5)c4)nc3)n2)cc1.[Ir]. The Kier molecular flexibility index (Phi) is 21.4. The van der Waals surface area contributed by atoms with Crippen molar-refractivity contribution < 1.29 is 20.1 Å². The molecule has 7 heteroatoms. The largest absolute Gasteiger partial charge is 0.311 e. The summed E-state index contributed by atoms with van der Waals surface area (Å²) in [6.45, 7) is 26.9. The number of fused-ring (bicyclic) bond motifs is 1. The van der Waals surface area contributed by atoms with Gasteiger partial charge in [0.2, 0.25) is 0 Å². The molecule has 0 aliphatic heterocycles. The summed E-state index contributed by atoms with van der Waals surface area (Å²) in [7, 11) is 0. The van der Waals surface area contributed by atoms with Gasteiger partial charge in [-0.3, -0.25) is 0 Å². The van der Waals surface area contributed by atoms with Gasteiger partial charge in [-0.15, -0.1) is 70.8 Å². The Morgan fingerprint density at radius 2 is 0.653 bits per heavy atom. The third kappa shape index (κ3) is 16.7. The number of aromatic nitrogens is 5. The minimum atomic E-state index is 0. The maximum absolute atomic E-state index is 4.99. The zero-order valence-corrected chi connectivity index (χ0v) is 61.6. The monoisotopic (exact) mass is 1490 g/mol. The third-order valence-electron chi connectivity index (χ3n) is 18.4. The summed E-state index contributed by atoms with van der Waals surface area (Å²) in [5.74, 6) is 1.83. The van der Waals surface area contributed by atoms with Gasteiger partial charge in [0.1, 0.15) is 0 Å². The molecule has 0 saturated heterocycles. The molecule has 14 aromatic rings. The molecule has 0 N–H and O–H groups in total. The van der Waals surface area contributed by atoms with Crippen LogP contribution in [0.15, 0.2) is 291 Å². The number of pyridine rings is 2. The van der Waals surface area contributed by atoms with Crippen molar-refractivity contribution in [1.82, 2.24) is 24.9 Å². The minimum Gasteiger partial charge on any atom is -0.311 e. The second-order valence-electron chi connectivity index (χ2n) is 29.8.